The highest BCUT2D eigenvalue weighted by Gasteiger charge is 2.15. The summed E-state index contributed by atoms with van der Waals surface area (Å²) in [6.07, 6.45) is 0.774. The van der Waals surface area contributed by atoms with Crippen molar-refractivity contribution in [3.8, 4) is 11.1 Å². The normalized spacial score (nSPS) is 10.0. The second kappa shape index (κ2) is 4.95. The molecule has 0 radical (unpaired) electrons. The Morgan fingerprint density at radius 3 is 2.18 bits per heavy atom. The lowest BCUT2D eigenvalue weighted by Crippen LogP contribution is -2.31. The second-order valence-electron chi connectivity index (χ2n) is 3.70. The number of rotatable bonds is 3. The molecule has 84 valence electrons. The van der Waals surface area contributed by atoms with Crippen LogP contribution in [0.5, 0.6) is 0 Å². The average Bonchev–Trinajstić information content (AvgIpc) is 2.39. The van der Waals surface area contributed by atoms with Gasteiger partial charge in [-0.15, -0.1) is 0 Å². The van der Waals surface area contributed by atoms with Crippen LogP contribution in [0.4, 0.5) is 0 Å². The zero-order valence-corrected chi connectivity index (χ0v) is 9.08. The largest absolute Gasteiger partial charge is 0.489 e. The summed E-state index contributed by atoms with van der Waals surface area (Å²) in [5.41, 5.74) is 2.64. The monoisotopic (exact) mass is 226 g/mol. The molecule has 0 saturated heterocycles. The molecule has 0 unspecified atom stereocenters. The van der Waals surface area contributed by atoms with Gasteiger partial charge in [-0.05, 0) is 16.6 Å². The van der Waals surface area contributed by atoms with Gasteiger partial charge in [0, 0.05) is 5.56 Å². The lowest BCUT2D eigenvalue weighted by atomic mass is 9.75. The molecule has 2 N–H and O–H groups in total. The fourth-order valence-corrected chi connectivity index (χ4v) is 1.73. The molecule has 2 aromatic carbocycles. The Labute approximate surface area is 99.5 Å². The van der Waals surface area contributed by atoms with E-state index < -0.39 is 7.12 Å². The molecule has 2 rings (SSSR count). The molecule has 0 saturated carbocycles. The Morgan fingerprint density at radius 2 is 1.59 bits per heavy atom. The molecule has 2 aromatic rings. The maximum Gasteiger partial charge on any atom is 0.489 e. The smallest absolute Gasteiger partial charge is 0.423 e. The molecule has 0 spiro atoms. The molecule has 0 aliphatic heterocycles. The van der Waals surface area contributed by atoms with Crippen LogP contribution in [0.15, 0.2) is 48.5 Å². The molecule has 0 aliphatic rings. The first-order chi connectivity index (χ1) is 8.22. The number of benzene rings is 2. The molecule has 0 fully saturated rings. The molecular formula is C13H11BO3. The molecule has 0 aromatic heterocycles. The predicted molar refractivity (Wildman–Crippen MR) is 67.1 cm³/mol. The van der Waals surface area contributed by atoms with E-state index in [1.807, 2.05) is 12.1 Å². The summed E-state index contributed by atoms with van der Waals surface area (Å²) in [6, 6.07) is 14.0. The highest BCUT2D eigenvalue weighted by atomic mass is 16.4. The van der Waals surface area contributed by atoms with E-state index in [9.17, 15) is 14.8 Å². The van der Waals surface area contributed by atoms with Crippen LogP contribution in [0.25, 0.3) is 11.1 Å². The molecule has 0 atom stereocenters. The Kier molecular flexibility index (Phi) is 3.37. The van der Waals surface area contributed by atoms with Gasteiger partial charge in [-0.25, -0.2) is 0 Å². The van der Waals surface area contributed by atoms with Gasteiger partial charge >= 0.3 is 7.12 Å². The van der Waals surface area contributed by atoms with Crippen LogP contribution in [-0.4, -0.2) is 23.5 Å². The SMILES string of the molecule is O=Cc1ccc(-c2ccccc2B(O)O)cc1. The summed E-state index contributed by atoms with van der Waals surface area (Å²) in [4.78, 5) is 10.5. The van der Waals surface area contributed by atoms with Crippen molar-refractivity contribution in [2.45, 2.75) is 0 Å². The van der Waals surface area contributed by atoms with Crippen LogP contribution in [0.3, 0.4) is 0 Å². The first kappa shape index (κ1) is 11.6. The van der Waals surface area contributed by atoms with Crippen molar-refractivity contribution in [1.29, 1.82) is 0 Å². The van der Waals surface area contributed by atoms with Crippen molar-refractivity contribution in [1.82, 2.24) is 0 Å². The zero-order valence-electron chi connectivity index (χ0n) is 9.08. The summed E-state index contributed by atoms with van der Waals surface area (Å²) in [6.45, 7) is 0. The maximum absolute atomic E-state index is 10.5. The Hall–Kier alpha value is -1.91. The van der Waals surface area contributed by atoms with Crippen molar-refractivity contribution in [3.05, 3.63) is 54.1 Å². The van der Waals surface area contributed by atoms with Crippen LogP contribution < -0.4 is 5.46 Å². The van der Waals surface area contributed by atoms with E-state index >= 15 is 0 Å². The Bertz CT molecular complexity index is 520. The van der Waals surface area contributed by atoms with E-state index in [1.165, 1.54) is 0 Å². The van der Waals surface area contributed by atoms with Gasteiger partial charge in [0.05, 0.1) is 0 Å². The number of carbonyl (C=O) groups is 1. The van der Waals surface area contributed by atoms with Crippen LogP contribution in [0.1, 0.15) is 10.4 Å². The van der Waals surface area contributed by atoms with Gasteiger partial charge in [0.2, 0.25) is 0 Å². The number of carbonyl (C=O) groups excluding carboxylic acids is 1. The van der Waals surface area contributed by atoms with E-state index in [0.717, 1.165) is 17.4 Å². The minimum Gasteiger partial charge on any atom is -0.423 e. The highest BCUT2D eigenvalue weighted by molar-refractivity contribution is 6.60. The van der Waals surface area contributed by atoms with Crippen LogP contribution in [0, 0.1) is 0 Å². The Morgan fingerprint density at radius 1 is 0.941 bits per heavy atom. The quantitative estimate of drug-likeness (QED) is 0.602. The number of hydrogen-bond acceptors (Lipinski definition) is 3. The van der Waals surface area contributed by atoms with E-state index in [1.54, 1.807) is 36.4 Å². The lowest BCUT2D eigenvalue weighted by Gasteiger charge is -2.08. The van der Waals surface area contributed by atoms with Gasteiger partial charge in [-0.3, -0.25) is 4.79 Å². The first-order valence-corrected chi connectivity index (χ1v) is 5.23. The lowest BCUT2D eigenvalue weighted by molar-refractivity contribution is 0.112. The molecule has 17 heavy (non-hydrogen) atoms. The molecular weight excluding hydrogens is 215 g/mol. The standard InChI is InChI=1S/C13H11BO3/c15-9-10-5-7-11(8-6-10)12-3-1-2-4-13(12)14(16)17/h1-9,16-17H. The van der Waals surface area contributed by atoms with E-state index in [2.05, 4.69) is 0 Å². The van der Waals surface area contributed by atoms with Crippen LogP contribution >= 0.6 is 0 Å². The third kappa shape index (κ3) is 2.44. The second-order valence-corrected chi connectivity index (χ2v) is 3.70. The van der Waals surface area contributed by atoms with Gasteiger partial charge in [0.1, 0.15) is 6.29 Å². The van der Waals surface area contributed by atoms with Gasteiger partial charge in [-0.2, -0.15) is 0 Å². The van der Waals surface area contributed by atoms with Gasteiger partial charge in [0.25, 0.3) is 0 Å². The molecule has 4 heteroatoms. The summed E-state index contributed by atoms with van der Waals surface area (Å²) in [7, 11) is -1.50. The van der Waals surface area contributed by atoms with Gasteiger partial charge in [-0.1, -0.05) is 48.5 Å². The third-order valence-corrected chi connectivity index (χ3v) is 2.60. The van der Waals surface area contributed by atoms with Crippen molar-refractivity contribution >= 4 is 18.9 Å². The van der Waals surface area contributed by atoms with Crippen LogP contribution in [0.2, 0.25) is 0 Å². The summed E-state index contributed by atoms with van der Waals surface area (Å²) in [5.74, 6) is 0. The highest BCUT2D eigenvalue weighted by Crippen LogP contribution is 2.17. The minimum atomic E-state index is -1.50. The number of aldehydes is 1. The summed E-state index contributed by atoms with van der Waals surface area (Å²) in [5, 5.41) is 18.5. The Balaban J connectivity index is 2.48. The van der Waals surface area contributed by atoms with E-state index in [0.29, 0.717) is 11.0 Å². The topological polar surface area (TPSA) is 57.5 Å². The molecule has 3 nitrogen and oxygen atoms in total. The third-order valence-electron chi connectivity index (χ3n) is 2.60. The van der Waals surface area contributed by atoms with Gasteiger partial charge < -0.3 is 10.0 Å². The van der Waals surface area contributed by atoms with E-state index in [-0.39, 0.29) is 0 Å². The maximum atomic E-state index is 10.5. The van der Waals surface area contributed by atoms with Crippen molar-refractivity contribution in [2.75, 3.05) is 0 Å². The van der Waals surface area contributed by atoms with Gasteiger partial charge in [0.15, 0.2) is 0 Å². The molecule has 0 amide bonds. The number of hydrogen-bond donors (Lipinski definition) is 2. The predicted octanol–water partition coefficient (Wildman–Crippen LogP) is 0.846. The van der Waals surface area contributed by atoms with E-state index in [4.69, 9.17) is 0 Å². The minimum absolute atomic E-state index is 0.450. The first-order valence-electron chi connectivity index (χ1n) is 5.23. The average molecular weight is 226 g/mol. The van der Waals surface area contributed by atoms with Crippen molar-refractivity contribution in [2.24, 2.45) is 0 Å². The summed E-state index contributed by atoms with van der Waals surface area (Å²) >= 11 is 0. The van der Waals surface area contributed by atoms with Crippen molar-refractivity contribution in [3.63, 3.8) is 0 Å². The molecule has 0 bridgehead atoms. The summed E-state index contributed by atoms with van der Waals surface area (Å²) < 4.78 is 0. The van der Waals surface area contributed by atoms with Crippen molar-refractivity contribution < 1.29 is 14.8 Å². The zero-order chi connectivity index (χ0) is 12.3. The van der Waals surface area contributed by atoms with Crippen LogP contribution in [-0.2, 0) is 0 Å². The molecule has 0 heterocycles. The fraction of sp³-hybridized carbons (Fsp3) is 0. The fourth-order valence-electron chi connectivity index (χ4n) is 1.73. The molecule has 0 aliphatic carbocycles.